The number of nitrogens with one attached hydrogen (secondary N) is 2. The molecule has 0 aliphatic carbocycles. The molecule has 0 radical (unpaired) electrons. The number of pyridine rings is 1. The summed E-state index contributed by atoms with van der Waals surface area (Å²) in [5, 5.41) is 15.4. The van der Waals surface area contributed by atoms with Gasteiger partial charge >= 0.3 is 0 Å². The van der Waals surface area contributed by atoms with E-state index in [1.165, 1.54) is 6.33 Å². The van der Waals surface area contributed by atoms with Crippen LogP contribution < -0.4 is 10.1 Å². The van der Waals surface area contributed by atoms with Crippen LogP contribution in [-0.4, -0.2) is 42.2 Å². The van der Waals surface area contributed by atoms with Gasteiger partial charge in [0.1, 0.15) is 18.5 Å². The molecular weight excluding hydrogens is 368 g/mol. The first-order valence-corrected chi connectivity index (χ1v) is 9.48. The van der Waals surface area contributed by atoms with Gasteiger partial charge in [0, 0.05) is 5.39 Å². The molecule has 0 fully saturated rings. The highest BCUT2D eigenvalue weighted by molar-refractivity contribution is 5.90. The van der Waals surface area contributed by atoms with Crippen LogP contribution in [0.3, 0.4) is 0 Å². The van der Waals surface area contributed by atoms with Crippen LogP contribution in [0.2, 0.25) is 0 Å². The van der Waals surface area contributed by atoms with E-state index in [1.807, 2.05) is 38.1 Å². The topological polar surface area (TPSA) is 109 Å². The van der Waals surface area contributed by atoms with Crippen LogP contribution in [0.4, 0.5) is 5.82 Å². The lowest BCUT2D eigenvalue weighted by atomic mass is 10.0. The molecular formula is C21H24N6O2. The summed E-state index contributed by atoms with van der Waals surface area (Å²) in [4.78, 5) is 20.5. The Bertz CT molecular complexity index is 1160. The first-order chi connectivity index (χ1) is 13.8. The third kappa shape index (κ3) is 3.97. The number of imidazole rings is 1. The van der Waals surface area contributed by atoms with E-state index in [2.05, 4.69) is 25.3 Å². The summed E-state index contributed by atoms with van der Waals surface area (Å²) in [7, 11) is 0. The number of nitrogens with zero attached hydrogens (tertiary/aromatic N) is 4. The van der Waals surface area contributed by atoms with E-state index in [4.69, 9.17) is 9.72 Å². The lowest BCUT2D eigenvalue weighted by molar-refractivity contribution is 0.0273. The van der Waals surface area contributed by atoms with Crippen molar-refractivity contribution in [2.45, 2.75) is 39.3 Å². The van der Waals surface area contributed by atoms with E-state index in [-0.39, 0.29) is 12.6 Å². The Kier molecular flexibility index (Phi) is 4.79. The lowest BCUT2D eigenvalue weighted by Gasteiger charge is -2.21. The standard InChI is InChI=1S/C21H24N6O2/c1-12-6-5-7-14-8-15(27-20(16(12)14)29-9-21(3,4)28)13(2)26-19-17-18(23-10-22-17)24-11-25-19/h5-8,10-11,13,28H,9H2,1-4H3,(H2,22,23,24,25,26)/t13-/m0/s1. The molecule has 0 unspecified atom stereocenters. The largest absolute Gasteiger partial charge is 0.474 e. The number of aromatic amines is 1. The van der Waals surface area contributed by atoms with Gasteiger partial charge in [-0.3, -0.25) is 0 Å². The Hall–Kier alpha value is -3.26. The maximum Gasteiger partial charge on any atom is 0.222 e. The van der Waals surface area contributed by atoms with Crippen molar-refractivity contribution in [1.29, 1.82) is 0 Å². The van der Waals surface area contributed by atoms with Gasteiger partial charge in [-0.1, -0.05) is 18.2 Å². The first-order valence-electron chi connectivity index (χ1n) is 9.48. The molecule has 3 heterocycles. The van der Waals surface area contributed by atoms with Crippen LogP contribution in [-0.2, 0) is 0 Å². The number of hydrogen-bond donors (Lipinski definition) is 3. The zero-order valence-electron chi connectivity index (χ0n) is 16.9. The summed E-state index contributed by atoms with van der Waals surface area (Å²) in [5.74, 6) is 1.17. The summed E-state index contributed by atoms with van der Waals surface area (Å²) < 4.78 is 5.93. The molecule has 0 saturated carbocycles. The number of fused-ring (bicyclic) bond motifs is 2. The van der Waals surface area contributed by atoms with Crippen molar-refractivity contribution in [3.05, 3.63) is 48.2 Å². The van der Waals surface area contributed by atoms with Crippen molar-refractivity contribution >= 4 is 27.8 Å². The molecule has 4 rings (SSSR count). The number of hydrogen-bond acceptors (Lipinski definition) is 7. The maximum absolute atomic E-state index is 10.1. The van der Waals surface area contributed by atoms with Crippen molar-refractivity contribution in [2.24, 2.45) is 0 Å². The van der Waals surface area contributed by atoms with Crippen LogP contribution >= 0.6 is 0 Å². The number of anilines is 1. The number of ether oxygens (including phenoxy) is 1. The Labute approximate surface area is 168 Å². The average molecular weight is 392 g/mol. The first kappa shape index (κ1) is 19.1. The number of H-pyrrole nitrogens is 1. The minimum Gasteiger partial charge on any atom is -0.474 e. The molecule has 0 bridgehead atoms. The van der Waals surface area contributed by atoms with E-state index in [0.29, 0.717) is 17.3 Å². The second-order valence-electron chi connectivity index (χ2n) is 7.82. The molecule has 1 aromatic carbocycles. The van der Waals surface area contributed by atoms with Gasteiger partial charge in [0.05, 0.1) is 23.7 Å². The van der Waals surface area contributed by atoms with E-state index >= 15 is 0 Å². The van der Waals surface area contributed by atoms with Crippen molar-refractivity contribution in [3.63, 3.8) is 0 Å². The lowest BCUT2D eigenvalue weighted by Crippen LogP contribution is -2.28. The van der Waals surface area contributed by atoms with Gasteiger partial charge in [0.2, 0.25) is 5.88 Å². The fourth-order valence-corrected chi connectivity index (χ4v) is 3.19. The van der Waals surface area contributed by atoms with Crippen molar-refractivity contribution in [3.8, 4) is 5.88 Å². The molecule has 8 heteroatoms. The zero-order valence-corrected chi connectivity index (χ0v) is 16.9. The van der Waals surface area contributed by atoms with Crippen molar-refractivity contribution < 1.29 is 9.84 Å². The SMILES string of the molecule is Cc1cccc2cc([C@H](C)Nc3ncnc4nc[nH]c34)nc(OCC(C)(C)O)c12. The molecule has 3 aromatic heterocycles. The van der Waals surface area contributed by atoms with Gasteiger partial charge in [0.25, 0.3) is 0 Å². The number of aryl methyl sites for hydroxylation is 1. The summed E-state index contributed by atoms with van der Waals surface area (Å²) in [6, 6.07) is 7.97. The van der Waals surface area contributed by atoms with Gasteiger partial charge in [-0.25, -0.2) is 19.9 Å². The minimum atomic E-state index is -0.955. The Morgan fingerprint density at radius 1 is 1.24 bits per heavy atom. The maximum atomic E-state index is 10.1. The number of aromatic nitrogens is 5. The molecule has 0 spiro atoms. The predicted molar refractivity (Wildman–Crippen MR) is 112 cm³/mol. The van der Waals surface area contributed by atoms with Gasteiger partial charge in [-0.15, -0.1) is 0 Å². The Morgan fingerprint density at radius 3 is 2.86 bits per heavy atom. The molecule has 150 valence electrons. The molecule has 4 aromatic rings. The molecule has 0 aliphatic rings. The highest BCUT2D eigenvalue weighted by Gasteiger charge is 2.19. The number of benzene rings is 1. The normalized spacial score (nSPS) is 13.0. The van der Waals surface area contributed by atoms with Crippen molar-refractivity contribution in [1.82, 2.24) is 24.9 Å². The third-order valence-corrected chi connectivity index (χ3v) is 4.63. The predicted octanol–water partition coefficient (Wildman–Crippen LogP) is 3.53. The summed E-state index contributed by atoms with van der Waals surface area (Å²) in [6.07, 6.45) is 3.07. The Balaban J connectivity index is 1.72. The Morgan fingerprint density at radius 2 is 2.07 bits per heavy atom. The summed E-state index contributed by atoms with van der Waals surface area (Å²) in [6.45, 7) is 7.60. The fraction of sp³-hybridized carbons (Fsp3) is 0.333. The van der Waals surface area contributed by atoms with Crippen LogP contribution in [0.1, 0.15) is 38.1 Å². The van der Waals surface area contributed by atoms with E-state index in [1.54, 1.807) is 20.2 Å². The summed E-state index contributed by atoms with van der Waals surface area (Å²) >= 11 is 0. The highest BCUT2D eigenvalue weighted by Crippen LogP contribution is 2.31. The molecule has 1 atom stereocenters. The highest BCUT2D eigenvalue weighted by atomic mass is 16.5. The number of aliphatic hydroxyl groups is 1. The number of rotatable bonds is 6. The van der Waals surface area contributed by atoms with Crippen LogP contribution in [0, 0.1) is 6.92 Å². The van der Waals surface area contributed by atoms with Gasteiger partial charge in [-0.2, -0.15) is 0 Å². The van der Waals surface area contributed by atoms with Crippen molar-refractivity contribution in [2.75, 3.05) is 11.9 Å². The fourth-order valence-electron chi connectivity index (χ4n) is 3.19. The van der Waals surface area contributed by atoms with Crippen LogP contribution in [0.15, 0.2) is 36.9 Å². The zero-order chi connectivity index (χ0) is 20.6. The molecule has 8 nitrogen and oxygen atoms in total. The smallest absolute Gasteiger partial charge is 0.222 e. The quantitative estimate of drug-likeness (QED) is 0.460. The second kappa shape index (κ2) is 7.29. The summed E-state index contributed by atoms with van der Waals surface area (Å²) in [5.41, 5.74) is 2.27. The van der Waals surface area contributed by atoms with Gasteiger partial charge in [-0.05, 0) is 44.7 Å². The van der Waals surface area contributed by atoms with Gasteiger partial charge < -0.3 is 20.1 Å². The van der Waals surface area contributed by atoms with E-state index in [9.17, 15) is 5.11 Å². The molecule has 0 amide bonds. The molecule has 0 saturated heterocycles. The van der Waals surface area contributed by atoms with E-state index in [0.717, 1.165) is 27.5 Å². The third-order valence-electron chi connectivity index (χ3n) is 4.63. The van der Waals surface area contributed by atoms with Gasteiger partial charge in [0.15, 0.2) is 11.5 Å². The molecule has 0 aliphatic heterocycles. The van der Waals surface area contributed by atoms with E-state index < -0.39 is 5.60 Å². The van der Waals surface area contributed by atoms with Crippen LogP contribution in [0.25, 0.3) is 21.9 Å². The second-order valence-corrected chi connectivity index (χ2v) is 7.82. The minimum absolute atomic E-state index is 0.147. The van der Waals surface area contributed by atoms with Crippen LogP contribution in [0.5, 0.6) is 5.88 Å². The molecule has 3 N–H and O–H groups in total. The molecule has 29 heavy (non-hydrogen) atoms. The monoisotopic (exact) mass is 392 g/mol. The average Bonchev–Trinajstić information content (AvgIpc) is 3.15.